The second kappa shape index (κ2) is 10.8. The average molecular weight is 487 g/mol. The second-order valence-corrected chi connectivity index (χ2v) is 7.33. The lowest BCUT2D eigenvalue weighted by Crippen LogP contribution is -2.25. The molecular formula is C23H26ClF3N2O4. The Labute approximate surface area is 196 Å². The van der Waals surface area contributed by atoms with Gasteiger partial charge in [-0.15, -0.1) is 12.4 Å². The van der Waals surface area contributed by atoms with Crippen LogP contribution in [0.5, 0.6) is 5.88 Å². The van der Waals surface area contributed by atoms with E-state index < -0.39 is 23.8 Å². The Hall–Kier alpha value is -2.94. The highest BCUT2D eigenvalue weighted by molar-refractivity contribution is 5.85. The van der Waals surface area contributed by atoms with Gasteiger partial charge in [-0.1, -0.05) is 25.1 Å². The van der Waals surface area contributed by atoms with Crippen LogP contribution in [-0.2, 0) is 15.7 Å². The number of carbonyl (C=O) groups excluding carboxylic acids is 1. The van der Waals surface area contributed by atoms with Gasteiger partial charge >= 0.3 is 12.3 Å². The fourth-order valence-electron chi connectivity index (χ4n) is 3.50. The molecule has 1 aliphatic rings. The third-order valence-electron chi connectivity index (χ3n) is 5.12. The lowest BCUT2D eigenvalue weighted by molar-refractivity contribution is -0.138. The quantitative estimate of drug-likeness (QED) is 0.460. The van der Waals surface area contributed by atoms with Crippen LogP contribution in [0.4, 0.5) is 23.7 Å². The molecule has 0 spiro atoms. The molecule has 0 aliphatic carbocycles. The van der Waals surface area contributed by atoms with Gasteiger partial charge in [0, 0.05) is 11.9 Å². The van der Waals surface area contributed by atoms with Gasteiger partial charge in [0.15, 0.2) is 0 Å². The maximum absolute atomic E-state index is 13.9. The summed E-state index contributed by atoms with van der Waals surface area (Å²) in [5.74, 6) is -0.931. The number of fused-ring (bicyclic) bond motifs is 1. The van der Waals surface area contributed by atoms with Crippen molar-refractivity contribution in [3.05, 3.63) is 64.7 Å². The van der Waals surface area contributed by atoms with Gasteiger partial charge in [-0.25, -0.2) is 9.78 Å². The number of halogens is 4. The van der Waals surface area contributed by atoms with Crippen molar-refractivity contribution in [2.24, 2.45) is 0 Å². The number of carbonyl (C=O) groups is 1. The zero-order valence-electron chi connectivity index (χ0n) is 18.7. The van der Waals surface area contributed by atoms with Crippen molar-refractivity contribution >= 4 is 24.2 Å². The van der Waals surface area contributed by atoms with Crippen molar-refractivity contribution in [2.75, 3.05) is 11.9 Å². The topological polar surface area (TPSA) is 69.7 Å². The summed E-state index contributed by atoms with van der Waals surface area (Å²) in [7, 11) is 0. The zero-order chi connectivity index (χ0) is 23.5. The van der Waals surface area contributed by atoms with Crippen LogP contribution < -0.4 is 10.1 Å². The molecule has 2 heterocycles. The maximum atomic E-state index is 13.9. The van der Waals surface area contributed by atoms with Gasteiger partial charge in [-0.3, -0.25) is 0 Å². The number of nitrogens with zero attached hydrogens (tertiary/aromatic N) is 1. The number of hydrogen-bond donors (Lipinski definition) is 1. The van der Waals surface area contributed by atoms with Crippen LogP contribution in [0.2, 0.25) is 0 Å². The van der Waals surface area contributed by atoms with E-state index in [1.165, 1.54) is 24.4 Å². The van der Waals surface area contributed by atoms with Crippen LogP contribution >= 0.6 is 12.4 Å². The minimum absolute atomic E-state index is 0. The normalized spacial score (nSPS) is 16.2. The molecule has 10 heteroatoms. The van der Waals surface area contributed by atoms with E-state index in [0.717, 1.165) is 6.07 Å². The monoisotopic (exact) mass is 486 g/mol. The van der Waals surface area contributed by atoms with E-state index in [1.807, 2.05) is 13.8 Å². The number of anilines is 1. The summed E-state index contributed by atoms with van der Waals surface area (Å²) in [6, 6.07) is 6.84. The number of ether oxygens (including phenoxy) is 3. The molecule has 0 fully saturated rings. The molecule has 2 unspecified atom stereocenters. The molecule has 2 aromatic rings. The molecule has 33 heavy (non-hydrogen) atoms. The van der Waals surface area contributed by atoms with Crippen LogP contribution in [0, 0.1) is 0 Å². The van der Waals surface area contributed by atoms with Crippen molar-refractivity contribution in [3.8, 4) is 5.88 Å². The van der Waals surface area contributed by atoms with Crippen molar-refractivity contribution in [1.29, 1.82) is 0 Å². The highest BCUT2D eigenvalue weighted by Crippen LogP contribution is 2.49. The summed E-state index contributed by atoms with van der Waals surface area (Å²) in [5.41, 5.74) is 0.342. The van der Waals surface area contributed by atoms with E-state index in [2.05, 4.69) is 10.3 Å². The molecule has 1 aromatic carbocycles. The Balaban J connectivity index is 0.00000385. The summed E-state index contributed by atoms with van der Waals surface area (Å²) < 4.78 is 58.1. The lowest BCUT2D eigenvalue weighted by Gasteiger charge is -2.32. The number of pyridine rings is 1. The molecule has 3 rings (SSSR count). The predicted molar refractivity (Wildman–Crippen MR) is 120 cm³/mol. The Morgan fingerprint density at radius 3 is 2.55 bits per heavy atom. The Morgan fingerprint density at radius 2 is 1.91 bits per heavy atom. The van der Waals surface area contributed by atoms with E-state index >= 15 is 0 Å². The number of nitrogens with one attached hydrogen (secondary N) is 1. The van der Waals surface area contributed by atoms with E-state index in [9.17, 15) is 18.0 Å². The molecule has 180 valence electrons. The number of rotatable bonds is 6. The van der Waals surface area contributed by atoms with Crippen molar-refractivity contribution in [2.45, 2.75) is 52.3 Å². The molecule has 1 aliphatic heterocycles. The number of aromatic nitrogens is 1. The smallest absolute Gasteiger partial charge is 0.474 e. The predicted octanol–water partition coefficient (Wildman–Crippen LogP) is 6.66. The van der Waals surface area contributed by atoms with Crippen LogP contribution in [0.3, 0.4) is 0 Å². The van der Waals surface area contributed by atoms with Crippen LogP contribution in [-0.4, -0.2) is 23.9 Å². The first-order valence-corrected chi connectivity index (χ1v) is 10.3. The largest absolute Gasteiger partial charge is 0.513 e. The fourth-order valence-corrected chi connectivity index (χ4v) is 3.50. The van der Waals surface area contributed by atoms with E-state index in [-0.39, 0.29) is 42.3 Å². The Kier molecular flexibility index (Phi) is 8.60. The maximum Gasteiger partial charge on any atom is 0.513 e. The fraction of sp³-hybridized carbons (Fsp3) is 0.391. The Bertz CT molecular complexity index is 1030. The van der Waals surface area contributed by atoms with Crippen LogP contribution in [0.25, 0.3) is 0 Å². The molecular weight excluding hydrogens is 461 g/mol. The third-order valence-corrected chi connectivity index (χ3v) is 5.12. The molecule has 6 nitrogen and oxygen atoms in total. The summed E-state index contributed by atoms with van der Waals surface area (Å²) in [6.45, 7) is 7.05. The molecule has 0 saturated heterocycles. The molecule has 0 radical (unpaired) electrons. The van der Waals surface area contributed by atoms with Gasteiger partial charge in [0.2, 0.25) is 5.88 Å². The first kappa shape index (κ1) is 26.3. The van der Waals surface area contributed by atoms with Gasteiger partial charge in [0.1, 0.15) is 5.76 Å². The average Bonchev–Trinajstić information content (AvgIpc) is 2.74. The van der Waals surface area contributed by atoms with Crippen molar-refractivity contribution in [3.63, 3.8) is 0 Å². The van der Waals surface area contributed by atoms with Gasteiger partial charge < -0.3 is 19.5 Å². The molecule has 1 N–H and O–H groups in total. The standard InChI is InChI=1S/C23H25F3N2O4.ClH/c1-5-13(3)31-21-19-17(11-12-27-21)28-14(4)20(32-22(29)30-6-2)18(19)15-9-7-8-10-16(15)23(24,25)26;/h7-13,18,28H,5-6H2,1-4H3;1H. The first-order valence-electron chi connectivity index (χ1n) is 10.3. The van der Waals surface area contributed by atoms with E-state index in [0.29, 0.717) is 23.4 Å². The number of allylic oxidation sites excluding steroid dienone is 2. The van der Waals surface area contributed by atoms with Crippen LogP contribution in [0.15, 0.2) is 48.0 Å². The summed E-state index contributed by atoms with van der Waals surface area (Å²) in [6.07, 6.45) is -3.67. The minimum Gasteiger partial charge on any atom is -0.474 e. The SMILES string of the molecule is CCOC(=O)OC1=C(C)Nc2ccnc(OC(C)CC)c2C1c1ccccc1C(F)(F)F.Cl. The summed E-state index contributed by atoms with van der Waals surface area (Å²) in [5, 5.41) is 3.09. The second-order valence-electron chi connectivity index (χ2n) is 7.33. The third kappa shape index (κ3) is 5.71. The van der Waals surface area contributed by atoms with Gasteiger partial charge in [0.05, 0.1) is 35.5 Å². The number of hydrogen-bond acceptors (Lipinski definition) is 6. The van der Waals surface area contributed by atoms with Crippen molar-refractivity contribution in [1.82, 2.24) is 4.98 Å². The first-order chi connectivity index (χ1) is 15.2. The van der Waals surface area contributed by atoms with Crippen LogP contribution in [0.1, 0.15) is 56.7 Å². The summed E-state index contributed by atoms with van der Waals surface area (Å²) >= 11 is 0. The molecule has 0 saturated carbocycles. The highest BCUT2D eigenvalue weighted by atomic mass is 35.5. The minimum atomic E-state index is -4.62. The molecule has 0 amide bonds. The molecule has 2 atom stereocenters. The van der Waals surface area contributed by atoms with Gasteiger partial charge in [-0.2, -0.15) is 13.2 Å². The number of benzene rings is 1. The van der Waals surface area contributed by atoms with Gasteiger partial charge in [0.25, 0.3) is 0 Å². The van der Waals surface area contributed by atoms with E-state index in [1.54, 1.807) is 19.9 Å². The zero-order valence-corrected chi connectivity index (χ0v) is 19.5. The highest BCUT2D eigenvalue weighted by Gasteiger charge is 2.41. The molecule has 1 aromatic heterocycles. The van der Waals surface area contributed by atoms with E-state index in [4.69, 9.17) is 14.2 Å². The number of alkyl halides is 3. The Morgan fingerprint density at radius 1 is 1.21 bits per heavy atom. The van der Waals surface area contributed by atoms with Crippen molar-refractivity contribution < 1.29 is 32.2 Å². The summed E-state index contributed by atoms with van der Waals surface area (Å²) in [4.78, 5) is 16.4. The molecule has 0 bridgehead atoms. The van der Waals surface area contributed by atoms with Gasteiger partial charge in [-0.05, 0) is 44.9 Å². The lowest BCUT2D eigenvalue weighted by atomic mass is 9.83.